The van der Waals surface area contributed by atoms with E-state index in [1.807, 2.05) is 37.3 Å². The lowest BCUT2D eigenvalue weighted by Crippen LogP contribution is -2.37. The van der Waals surface area contributed by atoms with Crippen LogP contribution in [0, 0.1) is 6.92 Å². The predicted octanol–water partition coefficient (Wildman–Crippen LogP) is 3.47. The Labute approximate surface area is 147 Å². The van der Waals surface area contributed by atoms with Gasteiger partial charge in [-0.05, 0) is 36.1 Å². The fraction of sp³-hybridized carbons (Fsp3) is 0.238. The zero-order valence-corrected chi connectivity index (χ0v) is 14.3. The van der Waals surface area contributed by atoms with Gasteiger partial charge in [0.1, 0.15) is 0 Å². The summed E-state index contributed by atoms with van der Waals surface area (Å²) in [4.78, 5) is 26.1. The van der Waals surface area contributed by atoms with Crippen molar-refractivity contribution >= 4 is 17.4 Å². The molecular weight excluding hydrogens is 314 g/mol. The van der Waals surface area contributed by atoms with Gasteiger partial charge in [0.2, 0.25) is 0 Å². The molecule has 0 saturated carbocycles. The number of carbonyl (C=O) groups excluding carboxylic acids is 2. The molecule has 0 aromatic heterocycles. The van der Waals surface area contributed by atoms with Gasteiger partial charge in [0.25, 0.3) is 5.91 Å². The van der Waals surface area contributed by atoms with Crippen molar-refractivity contribution in [2.45, 2.75) is 13.3 Å². The molecular formula is C21H21NO3. The third-order valence-corrected chi connectivity index (χ3v) is 4.40. The highest BCUT2D eigenvalue weighted by atomic mass is 16.5. The van der Waals surface area contributed by atoms with Crippen molar-refractivity contribution in [1.29, 1.82) is 0 Å². The van der Waals surface area contributed by atoms with Crippen molar-refractivity contribution in [3.8, 4) is 0 Å². The highest BCUT2D eigenvalue weighted by Crippen LogP contribution is 2.22. The van der Waals surface area contributed by atoms with E-state index in [0.29, 0.717) is 18.7 Å². The summed E-state index contributed by atoms with van der Waals surface area (Å²) in [5, 5.41) is 0. The second-order valence-corrected chi connectivity index (χ2v) is 6.08. The summed E-state index contributed by atoms with van der Waals surface area (Å²) in [6.07, 6.45) is 2.88. The second-order valence-electron chi connectivity index (χ2n) is 6.08. The van der Waals surface area contributed by atoms with E-state index in [2.05, 4.69) is 18.2 Å². The van der Waals surface area contributed by atoms with Crippen LogP contribution in [0.1, 0.15) is 27.9 Å². The zero-order chi connectivity index (χ0) is 17.6. The molecule has 1 amide bonds. The van der Waals surface area contributed by atoms with E-state index >= 15 is 0 Å². The molecule has 128 valence electrons. The summed E-state index contributed by atoms with van der Waals surface area (Å²) in [7, 11) is 0. The third kappa shape index (κ3) is 4.15. The van der Waals surface area contributed by atoms with Gasteiger partial charge in [0, 0.05) is 13.1 Å². The first kappa shape index (κ1) is 17.0. The molecule has 4 nitrogen and oxygen atoms in total. The molecule has 1 heterocycles. The molecule has 2 aromatic rings. The van der Waals surface area contributed by atoms with E-state index < -0.39 is 5.97 Å². The minimum atomic E-state index is -0.455. The van der Waals surface area contributed by atoms with Crippen molar-refractivity contribution in [3.63, 3.8) is 0 Å². The Morgan fingerprint density at radius 1 is 1.04 bits per heavy atom. The molecule has 0 saturated heterocycles. The molecule has 4 heteroatoms. The van der Waals surface area contributed by atoms with Crippen LogP contribution in [0.2, 0.25) is 0 Å². The number of hydrogen-bond donors (Lipinski definition) is 0. The van der Waals surface area contributed by atoms with E-state index in [9.17, 15) is 9.59 Å². The minimum Gasteiger partial charge on any atom is -0.452 e. The average molecular weight is 335 g/mol. The standard InChI is InChI=1S/C21H21NO3/c1-16-7-5-6-10-19(16)21(24)25-15-20(23)22-13-11-18(12-14-22)17-8-3-2-4-9-17/h2-11H,12-15H2,1H3. The van der Waals surface area contributed by atoms with Crippen molar-refractivity contribution in [1.82, 2.24) is 4.90 Å². The largest absolute Gasteiger partial charge is 0.452 e. The molecule has 0 unspecified atom stereocenters. The van der Waals surface area contributed by atoms with E-state index in [0.717, 1.165) is 12.0 Å². The molecule has 1 aliphatic rings. The zero-order valence-electron chi connectivity index (χ0n) is 14.3. The fourth-order valence-corrected chi connectivity index (χ4v) is 2.91. The highest BCUT2D eigenvalue weighted by molar-refractivity contribution is 5.92. The average Bonchev–Trinajstić information content (AvgIpc) is 2.67. The van der Waals surface area contributed by atoms with Crippen LogP contribution in [-0.4, -0.2) is 36.5 Å². The number of rotatable bonds is 4. The molecule has 3 rings (SSSR count). The Kier molecular flexibility index (Phi) is 5.29. The Hall–Kier alpha value is -2.88. The van der Waals surface area contributed by atoms with Gasteiger partial charge in [-0.2, -0.15) is 0 Å². The smallest absolute Gasteiger partial charge is 0.338 e. The lowest BCUT2D eigenvalue weighted by molar-refractivity contribution is -0.134. The van der Waals surface area contributed by atoms with Crippen molar-refractivity contribution in [3.05, 3.63) is 77.4 Å². The van der Waals surface area contributed by atoms with Gasteiger partial charge >= 0.3 is 5.97 Å². The van der Waals surface area contributed by atoms with E-state index in [-0.39, 0.29) is 12.5 Å². The van der Waals surface area contributed by atoms with Crippen LogP contribution in [0.3, 0.4) is 0 Å². The molecule has 0 fully saturated rings. The third-order valence-electron chi connectivity index (χ3n) is 4.40. The van der Waals surface area contributed by atoms with Gasteiger partial charge in [-0.25, -0.2) is 4.79 Å². The number of nitrogens with zero attached hydrogens (tertiary/aromatic N) is 1. The Morgan fingerprint density at radius 2 is 1.76 bits per heavy atom. The molecule has 25 heavy (non-hydrogen) atoms. The van der Waals surface area contributed by atoms with E-state index in [1.54, 1.807) is 17.0 Å². The highest BCUT2D eigenvalue weighted by Gasteiger charge is 2.20. The fourth-order valence-electron chi connectivity index (χ4n) is 2.91. The maximum absolute atomic E-state index is 12.3. The Bertz CT molecular complexity index is 796. The molecule has 2 aromatic carbocycles. The Morgan fingerprint density at radius 3 is 2.44 bits per heavy atom. The number of hydrogen-bond acceptors (Lipinski definition) is 3. The second kappa shape index (κ2) is 7.79. The van der Waals surface area contributed by atoms with Crippen LogP contribution in [-0.2, 0) is 9.53 Å². The van der Waals surface area contributed by atoms with E-state index in [1.165, 1.54) is 11.1 Å². The van der Waals surface area contributed by atoms with Gasteiger partial charge in [-0.1, -0.05) is 54.6 Å². The molecule has 0 aliphatic carbocycles. The van der Waals surface area contributed by atoms with E-state index in [4.69, 9.17) is 4.74 Å². The summed E-state index contributed by atoms with van der Waals surface area (Å²) < 4.78 is 5.18. The van der Waals surface area contributed by atoms with Gasteiger partial charge in [-0.15, -0.1) is 0 Å². The normalized spacial score (nSPS) is 14.0. The number of aryl methyl sites for hydroxylation is 1. The van der Waals surface area contributed by atoms with Gasteiger partial charge in [0.15, 0.2) is 6.61 Å². The maximum atomic E-state index is 12.3. The number of esters is 1. The molecule has 0 radical (unpaired) electrons. The molecule has 0 bridgehead atoms. The topological polar surface area (TPSA) is 46.6 Å². The van der Waals surface area contributed by atoms with Crippen LogP contribution in [0.4, 0.5) is 0 Å². The molecule has 0 N–H and O–H groups in total. The summed E-state index contributed by atoms with van der Waals surface area (Å²) in [5.74, 6) is -0.616. The minimum absolute atomic E-state index is 0.162. The van der Waals surface area contributed by atoms with Gasteiger partial charge in [0.05, 0.1) is 5.56 Å². The van der Waals surface area contributed by atoms with Gasteiger partial charge < -0.3 is 9.64 Å². The molecule has 0 spiro atoms. The SMILES string of the molecule is Cc1ccccc1C(=O)OCC(=O)N1CC=C(c2ccccc2)CC1. The first-order chi connectivity index (χ1) is 12.1. The number of ether oxygens (including phenoxy) is 1. The number of amides is 1. The summed E-state index contributed by atoms with van der Waals surface area (Å²) in [5.41, 5.74) is 3.79. The quantitative estimate of drug-likeness (QED) is 0.804. The first-order valence-electron chi connectivity index (χ1n) is 8.40. The predicted molar refractivity (Wildman–Crippen MR) is 97.1 cm³/mol. The van der Waals surface area contributed by atoms with Crippen LogP contribution in [0.15, 0.2) is 60.7 Å². The lowest BCUT2D eigenvalue weighted by Gasteiger charge is -2.26. The number of benzene rings is 2. The summed E-state index contributed by atoms with van der Waals surface area (Å²) in [6.45, 7) is 2.81. The van der Waals surface area contributed by atoms with Crippen LogP contribution in [0.5, 0.6) is 0 Å². The van der Waals surface area contributed by atoms with Crippen molar-refractivity contribution < 1.29 is 14.3 Å². The number of carbonyl (C=O) groups is 2. The van der Waals surface area contributed by atoms with Crippen LogP contribution < -0.4 is 0 Å². The van der Waals surface area contributed by atoms with Crippen molar-refractivity contribution in [2.24, 2.45) is 0 Å². The van der Waals surface area contributed by atoms with Crippen molar-refractivity contribution in [2.75, 3.05) is 19.7 Å². The summed E-state index contributed by atoms with van der Waals surface area (Å²) in [6, 6.07) is 17.4. The van der Waals surface area contributed by atoms with Gasteiger partial charge in [-0.3, -0.25) is 4.79 Å². The molecule has 1 aliphatic heterocycles. The van der Waals surface area contributed by atoms with Crippen LogP contribution in [0.25, 0.3) is 5.57 Å². The first-order valence-corrected chi connectivity index (χ1v) is 8.40. The monoisotopic (exact) mass is 335 g/mol. The maximum Gasteiger partial charge on any atom is 0.338 e. The Balaban J connectivity index is 1.54. The summed E-state index contributed by atoms with van der Waals surface area (Å²) >= 11 is 0. The van der Waals surface area contributed by atoms with Crippen LogP contribution >= 0.6 is 0 Å². The lowest BCUT2D eigenvalue weighted by atomic mass is 10.00. The molecule has 0 atom stereocenters.